The number of amides is 1. The average molecular weight is 247 g/mol. The highest BCUT2D eigenvalue weighted by molar-refractivity contribution is 5.95. The average Bonchev–Trinajstić information content (AvgIpc) is 2.24. The molecule has 2 aliphatic carbocycles. The molecule has 5 nitrogen and oxygen atoms in total. The van der Waals surface area contributed by atoms with E-state index in [1.807, 2.05) is 0 Å². The van der Waals surface area contributed by atoms with E-state index < -0.39 is 5.91 Å². The van der Waals surface area contributed by atoms with Gasteiger partial charge in [-0.15, -0.1) is 0 Å². The van der Waals surface area contributed by atoms with Crippen LogP contribution in [0.2, 0.25) is 0 Å². The molecule has 3 rings (SSSR count). The molecule has 1 amide bonds. The van der Waals surface area contributed by atoms with Crippen LogP contribution in [-0.2, 0) is 0 Å². The van der Waals surface area contributed by atoms with Crippen LogP contribution in [0.25, 0.3) is 0 Å². The first-order valence-corrected chi connectivity index (χ1v) is 6.24. The van der Waals surface area contributed by atoms with Gasteiger partial charge in [0.1, 0.15) is 5.75 Å². The van der Waals surface area contributed by atoms with E-state index in [2.05, 4.69) is 4.98 Å². The van der Waals surface area contributed by atoms with E-state index in [9.17, 15) is 4.79 Å². The summed E-state index contributed by atoms with van der Waals surface area (Å²) >= 11 is 0. The Balaban J connectivity index is 1.63. The number of rotatable bonds is 3. The van der Waals surface area contributed by atoms with Crippen molar-refractivity contribution in [2.24, 2.45) is 16.9 Å². The second-order valence-electron chi connectivity index (χ2n) is 5.55. The quantitative estimate of drug-likeness (QED) is 0.827. The lowest BCUT2D eigenvalue weighted by atomic mass is 9.53. The third-order valence-electron chi connectivity index (χ3n) is 4.05. The highest BCUT2D eigenvalue weighted by atomic mass is 16.5. The molecule has 2 fully saturated rings. The van der Waals surface area contributed by atoms with Gasteiger partial charge in [-0.25, -0.2) is 0 Å². The van der Waals surface area contributed by atoms with Gasteiger partial charge in [0, 0.05) is 18.4 Å². The van der Waals surface area contributed by atoms with Gasteiger partial charge in [-0.2, -0.15) is 0 Å². The van der Waals surface area contributed by atoms with E-state index >= 15 is 0 Å². The summed E-state index contributed by atoms with van der Waals surface area (Å²) in [5.41, 5.74) is 11.9. The third kappa shape index (κ3) is 1.84. The van der Waals surface area contributed by atoms with Crippen molar-refractivity contribution in [1.82, 2.24) is 4.98 Å². The number of hydrogen-bond donors (Lipinski definition) is 2. The number of carbonyl (C=O) groups is 1. The smallest absolute Gasteiger partial charge is 0.254 e. The molecule has 2 saturated carbocycles. The van der Waals surface area contributed by atoms with E-state index in [0.717, 1.165) is 25.7 Å². The van der Waals surface area contributed by atoms with Crippen LogP contribution in [-0.4, -0.2) is 23.0 Å². The van der Waals surface area contributed by atoms with E-state index in [4.69, 9.17) is 16.2 Å². The van der Waals surface area contributed by atoms with Gasteiger partial charge in [-0.05, 0) is 37.2 Å². The van der Waals surface area contributed by atoms with Gasteiger partial charge in [0.15, 0.2) is 0 Å². The number of ether oxygens (including phenoxy) is 1. The van der Waals surface area contributed by atoms with Crippen LogP contribution in [0.1, 0.15) is 36.0 Å². The molecule has 1 heterocycles. The molecule has 1 spiro atoms. The Labute approximate surface area is 106 Å². The van der Waals surface area contributed by atoms with Crippen LogP contribution in [0.3, 0.4) is 0 Å². The Morgan fingerprint density at radius 3 is 2.72 bits per heavy atom. The van der Waals surface area contributed by atoms with Gasteiger partial charge in [-0.1, -0.05) is 0 Å². The molecule has 1 aromatic rings. The van der Waals surface area contributed by atoms with Gasteiger partial charge in [-0.3, -0.25) is 9.78 Å². The Morgan fingerprint density at radius 2 is 2.11 bits per heavy atom. The Bertz CT molecular complexity index is 475. The molecule has 1 aromatic heterocycles. The minimum Gasteiger partial charge on any atom is -0.489 e. The molecule has 0 aromatic carbocycles. The largest absolute Gasteiger partial charge is 0.489 e. The fraction of sp³-hybridized carbons (Fsp3) is 0.538. The van der Waals surface area contributed by atoms with Crippen molar-refractivity contribution in [3.63, 3.8) is 0 Å². The van der Waals surface area contributed by atoms with Crippen molar-refractivity contribution in [2.45, 2.75) is 37.8 Å². The van der Waals surface area contributed by atoms with Crippen molar-refractivity contribution in [3.8, 4) is 5.75 Å². The monoisotopic (exact) mass is 247 g/mol. The van der Waals surface area contributed by atoms with Gasteiger partial charge in [0.25, 0.3) is 5.91 Å². The summed E-state index contributed by atoms with van der Waals surface area (Å²) in [6.07, 6.45) is 7.50. The van der Waals surface area contributed by atoms with Crippen LogP contribution in [0.5, 0.6) is 5.75 Å². The van der Waals surface area contributed by atoms with E-state index in [1.165, 1.54) is 6.20 Å². The second-order valence-corrected chi connectivity index (χ2v) is 5.55. The molecule has 0 radical (unpaired) electrons. The number of aromatic nitrogens is 1. The first-order valence-electron chi connectivity index (χ1n) is 6.24. The lowest BCUT2D eigenvalue weighted by molar-refractivity contribution is -0.0782. The molecule has 0 unspecified atom stereocenters. The molecule has 4 N–H and O–H groups in total. The highest BCUT2D eigenvalue weighted by Gasteiger charge is 2.52. The molecule has 96 valence electrons. The minimum absolute atomic E-state index is 0.179. The zero-order chi connectivity index (χ0) is 12.8. The van der Waals surface area contributed by atoms with E-state index in [1.54, 1.807) is 12.3 Å². The van der Waals surface area contributed by atoms with E-state index in [0.29, 0.717) is 22.8 Å². The molecule has 0 aliphatic heterocycles. The van der Waals surface area contributed by atoms with Crippen LogP contribution in [0, 0.1) is 5.41 Å². The molecule has 0 bridgehead atoms. The molecule has 0 atom stereocenters. The van der Waals surface area contributed by atoms with Crippen molar-refractivity contribution < 1.29 is 9.53 Å². The first kappa shape index (κ1) is 11.5. The summed E-state index contributed by atoms with van der Waals surface area (Å²) in [4.78, 5) is 15.1. The summed E-state index contributed by atoms with van der Waals surface area (Å²) < 4.78 is 5.83. The van der Waals surface area contributed by atoms with Crippen LogP contribution in [0.15, 0.2) is 18.5 Å². The van der Waals surface area contributed by atoms with Gasteiger partial charge in [0.2, 0.25) is 0 Å². The lowest BCUT2D eigenvalue weighted by Crippen LogP contribution is -2.56. The predicted molar refractivity (Wildman–Crippen MR) is 66.0 cm³/mol. The minimum atomic E-state index is -0.502. The van der Waals surface area contributed by atoms with Gasteiger partial charge >= 0.3 is 0 Å². The van der Waals surface area contributed by atoms with Crippen molar-refractivity contribution in [3.05, 3.63) is 24.0 Å². The zero-order valence-corrected chi connectivity index (χ0v) is 10.1. The summed E-state index contributed by atoms with van der Waals surface area (Å²) in [5.74, 6) is 0.0405. The number of hydrogen-bond acceptors (Lipinski definition) is 4. The summed E-state index contributed by atoms with van der Waals surface area (Å²) in [6.45, 7) is 0. The maximum atomic E-state index is 11.2. The molecular formula is C13H17N3O2. The van der Waals surface area contributed by atoms with Crippen LogP contribution >= 0.6 is 0 Å². The van der Waals surface area contributed by atoms with Gasteiger partial charge in [0.05, 0.1) is 11.7 Å². The topological polar surface area (TPSA) is 91.2 Å². The molecule has 2 aliphatic rings. The summed E-state index contributed by atoms with van der Waals surface area (Å²) in [7, 11) is 0. The normalized spacial score (nSPS) is 33.6. The number of primary amides is 1. The first-order chi connectivity index (χ1) is 8.58. The zero-order valence-electron chi connectivity index (χ0n) is 10.1. The van der Waals surface area contributed by atoms with Crippen molar-refractivity contribution in [2.75, 3.05) is 0 Å². The Morgan fingerprint density at radius 1 is 1.39 bits per heavy atom. The molecule has 5 heteroatoms. The number of nitrogens with two attached hydrogens (primary N) is 2. The van der Waals surface area contributed by atoms with Crippen LogP contribution in [0.4, 0.5) is 0 Å². The maximum absolute atomic E-state index is 11.2. The SMILES string of the molecule is NC(=O)c1cnccc1OC1CC2(CC(N)C2)C1. The number of pyridine rings is 1. The Kier molecular flexibility index (Phi) is 2.52. The van der Waals surface area contributed by atoms with Crippen LogP contribution < -0.4 is 16.2 Å². The molecule has 18 heavy (non-hydrogen) atoms. The summed E-state index contributed by atoms with van der Waals surface area (Å²) in [6, 6.07) is 2.06. The fourth-order valence-corrected chi connectivity index (χ4v) is 3.22. The van der Waals surface area contributed by atoms with Crippen molar-refractivity contribution >= 4 is 5.91 Å². The number of nitrogens with zero attached hydrogens (tertiary/aromatic N) is 1. The highest BCUT2D eigenvalue weighted by Crippen LogP contribution is 2.56. The third-order valence-corrected chi connectivity index (χ3v) is 4.05. The predicted octanol–water partition coefficient (Wildman–Crippen LogP) is 0.829. The fourth-order valence-electron chi connectivity index (χ4n) is 3.22. The van der Waals surface area contributed by atoms with Crippen molar-refractivity contribution in [1.29, 1.82) is 0 Å². The van der Waals surface area contributed by atoms with E-state index in [-0.39, 0.29) is 6.10 Å². The second kappa shape index (κ2) is 3.95. The summed E-state index contributed by atoms with van der Waals surface area (Å²) in [5, 5.41) is 0. The lowest BCUT2D eigenvalue weighted by Gasteiger charge is -2.56. The van der Waals surface area contributed by atoms with Gasteiger partial charge < -0.3 is 16.2 Å². The maximum Gasteiger partial charge on any atom is 0.254 e. The number of carbonyl (C=O) groups excluding carboxylic acids is 1. The Hall–Kier alpha value is -1.62. The molecule has 0 saturated heterocycles. The standard InChI is InChI=1S/C13H17N3O2/c14-8-3-13(4-8)5-9(6-13)18-11-1-2-16-7-10(11)12(15)17/h1-2,7-9H,3-6,14H2,(H2,15,17). The molecular weight excluding hydrogens is 230 g/mol.